The van der Waals surface area contributed by atoms with Crippen LogP contribution in [0.25, 0.3) is 0 Å². The highest BCUT2D eigenvalue weighted by Crippen LogP contribution is 2.23. The molecule has 5 nitrogen and oxygen atoms in total. The van der Waals surface area contributed by atoms with Crippen molar-refractivity contribution in [1.29, 1.82) is 0 Å². The Bertz CT molecular complexity index is 711. The first kappa shape index (κ1) is 16.2. The van der Waals surface area contributed by atoms with Crippen LogP contribution in [0.15, 0.2) is 24.3 Å². The van der Waals surface area contributed by atoms with Crippen molar-refractivity contribution in [1.82, 2.24) is 9.88 Å². The molecule has 7 heteroatoms. The van der Waals surface area contributed by atoms with Crippen LogP contribution in [0.3, 0.4) is 0 Å². The number of aromatic nitrogens is 1. The largest absolute Gasteiger partial charge is 0.477 e. The number of hydrogen-bond donors (Lipinski definition) is 1. The van der Waals surface area contributed by atoms with Crippen LogP contribution < -0.4 is 4.90 Å². The number of carboxylic acids is 1. The summed E-state index contributed by atoms with van der Waals surface area (Å²) < 4.78 is 0. The Labute approximate surface area is 144 Å². The van der Waals surface area contributed by atoms with Crippen LogP contribution in [-0.4, -0.2) is 47.1 Å². The zero-order valence-corrected chi connectivity index (χ0v) is 14.4. The van der Waals surface area contributed by atoms with Gasteiger partial charge in [0, 0.05) is 36.9 Å². The molecule has 1 saturated heterocycles. The molecule has 0 radical (unpaired) electrons. The molecule has 2 aromatic rings. The van der Waals surface area contributed by atoms with Gasteiger partial charge in [0.2, 0.25) is 0 Å². The maximum Gasteiger partial charge on any atom is 0.347 e. The van der Waals surface area contributed by atoms with E-state index in [-0.39, 0.29) is 0 Å². The van der Waals surface area contributed by atoms with Crippen LogP contribution in [0.1, 0.15) is 20.4 Å². The van der Waals surface area contributed by atoms with Gasteiger partial charge < -0.3 is 10.0 Å². The van der Waals surface area contributed by atoms with Gasteiger partial charge in [-0.05, 0) is 25.1 Å². The topological polar surface area (TPSA) is 56.7 Å². The molecule has 0 aliphatic carbocycles. The summed E-state index contributed by atoms with van der Waals surface area (Å²) in [6.45, 7) is 6.16. The Kier molecular flexibility index (Phi) is 4.84. The molecule has 1 N–H and O–H groups in total. The van der Waals surface area contributed by atoms with Crippen LogP contribution in [-0.2, 0) is 6.54 Å². The van der Waals surface area contributed by atoms with Crippen LogP contribution in [0.2, 0.25) is 5.02 Å². The van der Waals surface area contributed by atoms with E-state index in [1.54, 1.807) is 6.92 Å². The number of halogens is 1. The van der Waals surface area contributed by atoms with Crippen molar-refractivity contribution in [2.75, 3.05) is 31.1 Å². The molecule has 122 valence electrons. The van der Waals surface area contributed by atoms with Crippen molar-refractivity contribution in [3.63, 3.8) is 0 Å². The summed E-state index contributed by atoms with van der Waals surface area (Å²) in [5.41, 5.74) is 1.76. The Morgan fingerprint density at radius 3 is 2.70 bits per heavy atom. The molecule has 23 heavy (non-hydrogen) atoms. The van der Waals surface area contributed by atoms with E-state index in [1.165, 1.54) is 11.3 Å². The molecular formula is C16H18ClN3O2S. The molecule has 0 bridgehead atoms. The van der Waals surface area contributed by atoms with Gasteiger partial charge >= 0.3 is 5.97 Å². The molecule has 0 atom stereocenters. The van der Waals surface area contributed by atoms with Gasteiger partial charge in [0.1, 0.15) is 9.88 Å². The van der Waals surface area contributed by atoms with E-state index in [4.69, 9.17) is 16.7 Å². The quantitative estimate of drug-likeness (QED) is 0.917. The van der Waals surface area contributed by atoms with Gasteiger partial charge in [-0.15, -0.1) is 11.3 Å². The number of thiazole rings is 1. The van der Waals surface area contributed by atoms with Crippen LogP contribution in [0.5, 0.6) is 0 Å². The molecule has 0 spiro atoms. The number of hydrogen-bond acceptors (Lipinski definition) is 5. The number of piperazine rings is 1. The summed E-state index contributed by atoms with van der Waals surface area (Å²) in [6, 6.07) is 7.91. The predicted molar refractivity (Wildman–Crippen MR) is 92.8 cm³/mol. The van der Waals surface area contributed by atoms with E-state index < -0.39 is 5.97 Å². The fraction of sp³-hybridized carbons (Fsp3) is 0.375. The van der Waals surface area contributed by atoms with Gasteiger partial charge in [-0.25, -0.2) is 9.78 Å². The maximum atomic E-state index is 11.1. The normalized spacial score (nSPS) is 15.8. The van der Waals surface area contributed by atoms with Gasteiger partial charge in [-0.3, -0.25) is 4.90 Å². The lowest BCUT2D eigenvalue weighted by Gasteiger charge is -2.35. The fourth-order valence-electron chi connectivity index (χ4n) is 2.75. The second-order valence-electron chi connectivity index (χ2n) is 5.57. The van der Waals surface area contributed by atoms with E-state index in [2.05, 4.69) is 20.9 Å². The lowest BCUT2D eigenvalue weighted by Crippen LogP contribution is -2.45. The van der Waals surface area contributed by atoms with Crippen molar-refractivity contribution in [3.05, 3.63) is 44.9 Å². The molecule has 0 saturated carbocycles. The third kappa shape index (κ3) is 3.83. The van der Waals surface area contributed by atoms with Gasteiger partial charge in [0.25, 0.3) is 0 Å². The summed E-state index contributed by atoms with van der Waals surface area (Å²) in [7, 11) is 0. The predicted octanol–water partition coefficient (Wildman–Crippen LogP) is 3.13. The third-order valence-corrected chi connectivity index (χ3v) is 5.30. The molecule has 1 aromatic heterocycles. The number of anilines is 1. The maximum absolute atomic E-state index is 11.1. The summed E-state index contributed by atoms with van der Waals surface area (Å²) >= 11 is 7.33. The van der Waals surface area contributed by atoms with Crippen LogP contribution in [0.4, 0.5) is 5.69 Å². The first-order chi connectivity index (χ1) is 11.0. The average Bonchev–Trinajstić information content (AvgIpc) is 2.89. The summed E-state index contributed by atoms with van der Waals surface area (Å²) in [5.74, 6) is -0.892. The highest BCUT2D eigenvalue weighted by molar-refractivity contribution is 7.13. The van der Waals surface area contributed by atoms with Crippen LogP contribution in [0, 0.1) is 6.92 Å². The second-order valence-corrected chi connectivity index (χ2v) is 7.09. The standard InChI is InChI=1S/C16H18ClN3O2S/c1-11-15(16(21)22)23-14(18-11)10-19-5-7-20(8-6-19)13-4-2-3-12(17)9-13/h2-4,9H,5-8,10H2,1H3,(H,21,22). The molecule has 1 aliphatic rings. The van der Waals surface area contributed by atoms with Gasteiger partial charge in [-0.1, -0.05) is 17.7 Å². The number of carboxylic acid groups (broad SMARTS) is 1. The van der Waals surface area contributed by atoms with Crippen LogP contribution >= 0.6 is 22.9 Å². The molecule has 1 aromatic carbocycles. The highest BCUT2D eigenvalue weighted by Gasteiger charge is 2.20. The van der Waals surface area contributed by atoms with Crippen molar-refractivity contribution < 1.29 is 9.90 Å². The van der Waals surface area contributed by atoms with Crippen molar-refractivity contribution in [2.45, 2.75) is 13.5 Å². The third-order valence-electron chi connectivity index (χ3n) is 3.94. The lowest BCUT2D eigenvalue weighted by atomic mass is 10.2. The summed E-state index contributed by atoms with van der Waals surface area (Å²) in [4.78, 5) is 20.4. The second kappa shape index (κ2) is 6.86. The zero-order valence-electron chi connectivity index (χ0n) is 12.8. The molecule has 1 fully saturated rings. The first-order valence-electron chi connectivity index (χ1n) is 7.45. The van der Waals surface area contributed by atoms with E-state index in [0.29, 0.717) is 17.1 Å². The van der Waals surface area contributed by atoms with Crippen molar-refractivity contribution in [3.8, 4) is 0 Å². The Morgan fingerprint density at radius 1 is 1.35 bits per heavy atom. The van der Waals surface area contributed by atoms with Crippen molar-refractivity contribution in [2.24, 2.45) is 0 Å². The smallest absolute Gasteiger partial charge is 0.347 e. The highest BCUT2D eigenvalue weighted by atomic mass is 35.5. The average molecular weight is 352 g/mol. The van der Waals surface area contributed by atoms with Gasteiger partial charge in [0.05, 0.1) is 12.2 Å². The molecule has 0 unspecified atom stereocenters. The molecule has 2 heterocycles. The molecular weight excluding hydrogens is 334 g/mol. The molecule has 0 amide bonds. The number of aryl methyl sites for hydroxylation is 1. The van der Waals surface area contributed by atoms with E-state index in [9.17, 15) is 4.79 Å². The minimum absolute atomic E-state index is 0.345. The fourth-order valence-corrected chi connectivity index (χ4v) is 3.88. The zero-order chi connectivity index (χ0) is 16.4. The lowest BCUT2D eigenvalue weighted by molar-refractivity contribution is 0.0701. The number of rotatable bonds is 4. The summed E-state index contributed by atoms with van der Waals surface area (Å²) in [6.07, 6.45) is 0. The number of carbonyl (C=O) groups is 1. The van der Waals surface area contributed by atoms with Gasteiger partial charge in [-0.2, -0.15) is 0 Å². The number of aromatic carboxylic acids is 1. The summed E-state index contributed by atoms with van der Waals surface area (Å²) in [5, 5.41) is 10.7. The number of nitrogens with zero attached hydrogens (tertiary/aromatic N) is 3. The Morgan fingerprint density at radius 2 is 2.09 bits per heavy atom. The van der Waals surface area contributed by atoms with E-state index in [0.717, 1.165) is 41.9 Å². The SMILES string of the molecule is Cc1nc(CN2CCN(c3cccc(Cl)c3)CC2)sc1C(=O)O. The van der Waals surface area contributed by atoms with E-state index in [1.807, 2.05) is 18.2 Å². The van der Waals surface area contributed by atoms with E-state index >= 15 is 0 Å². The minimum Gasteiger partial charge on any atom is -0.477 e. The molecule has 3 rings (SSSR count). The Hall–Kier alpha value is -1.63. The molecule has 1 aliphatic heterocycles. The first-order valence-corrected chi connectivity index (χ1v) is 8.65. The minimum atomic E-state index is -0.892. The van der Waals surface area contributed by atoms with Crippen molar-refractivity contribution >= 4 is 34.6 Å². The monoisotopic (exact) mass is 351 g/mol. The number of benzene rings is 1. The Balaban J connectivity index is 1.59. The van der Waals surface area contributed by atoms with Gasteiger partial charge in [0.15, 0.2) is 0 Å².